The SMILES string of the molecule is Cc1c(CC(=O)O)c2cccc(F)c2n1C. The molecular formula is C12H12FNO2. The molecule has 0 bridgehead atoms. The van der Waals surface area contributed by atoms with Crippen molar-refractivity contribution in [2.45, 2.75) is 13.3 Å². The van der Waals surface area contributed by atoms with Gasteiger partial charge < -0.3 is 9.67 Å². The Labute approximate surface area is 92.1 Å². The number of rotatable bonds is 2. The molecule has 84 valence electrons. The van der Waals surface area contributed by atoms with Crippen LogP contribution in [0, 0.1) is 12.7 Å². The molecule has 0 fully saturated rings. The first kappa shape index (κ1) is 10.7. The lowest BCUT2D eigenvalue weighted by Crippen LogP contribution is -2.01. The van der Waals surface area contributed by atoms with Gasteiger partial charge in [-0.2, -0.15) is 0 Å². The van der Waals surface area contributed by atoms with Gasteiger partial charge in [0, 0.05) is 18.1 Å². The Morgan fingerprint density at radius 1 is 1.50 bits per heavy atom. The van der Waals surface area contributed by atoms with Crippen LogP contribution < -0.4 is 0 Å². The highest BCUT2D eigenvalue weighted by atomic mass is 19.1. The summed E-state index contributed by atoms with van der Waals surface area (Å²) in [5.41, 5.74) is 1.95. The van der Waals surface area contributed by atoms with Gasteiger partial charge in [-0.1, -0.05) is 12.1 Å². The summed E-state index contributed by atoms with van der Waals surface area (Å²) < 4.78 is 15.3. The molecule has 0 radical (unpaired) electrons. The number of carboxylic acids is 1. The van der Waals surface area contributed by atoms with E-state index in [4.69, 9.17) is 5.11 Å². The highest BCUT2D eigenvalue weighted by Crippen LogP contribution is 2.27. The zero-order valence-corrected chi connectivity index (χ0v) is 9.12. The lowest BCUT2D eigenvalue weighted by molar-refractivity contribution is -0.136. The van der Waals surface area contributed by atoms with Gasteiger partial charge in [0.05, 0.1) is 11.9 Å². The van der Waals surface area contributed by atoms with Crippen molar-refractivity contribution in [2.75, 3.05) is 0 Å². The number of carbonyl (C=O) groups is 1. The van der Waals surface area contributed by atoms with E-state index in [1.165, 1.54) is 6.07 Å². The van der Waals surface area contributed by atoms with E-state index in [2.05, 4.69) is 0 Å². The molecule has 2 rings (SSSR count). The molecule has 0 amide bonds. The predicted molar refractivity (Wildman–Crippen MR) is 59.0 cm³/mol. The molecule has 1 aromatic heterocycles. The molecule has 16 heavy (non-hydrogen) atoms. The van der Waals surface area contributed by atoms with Gasteiger partial charge in [0.15, 0.2) is 0 Å². The summed E-state index contributed by atoms with van der Waals surface area (Å²) in [6.45, 7) is 1.80. The molecule has 3 nitrogen and oxygen atoms in total. The van der Waals surface area contributed by atoms with Crippen molar-refractivity contribution < 1.29 is 14.3 Å². The fraction of sp³-hybridized carbons (Fsp3) is 0.250. The molecular weight excluding hydrogens is 209 g/mol. The largest absolute Gasteiger partial charge is 0.481 e. The Balaban J connectivity index is 2.79. The number of aryl methyl sites for hydroxylation is 1. The normalized spacial score (nSPS) is 10.9. The Hall–Kier alpha value is -1.84. The first-order chi connectivity index (χ1) is 7.52. The molecule has 0 saturated heterocycles. The third kappa shape index (κ3) is 1.46. The van der Waals surface area contributed by atoms with E-state index in [9.17, 15) is 9.18 Å². The standard InChI is InChI=1S/C12H12FNO2/c1-7-9(6-11(15)16)8-4-3-5-10(13)12(8)14(7)2/h3-5H,6H2,1-2H3,(H,15,16). The van der Waals surface area contributed by atoms with Crippen molar-refractivity contribution in [3.05, 3.63) is 35.3 Å². The topological polar surface area (TPSA) is 42.2 Å². The molecule has 1 heterocycles. The summed E-state index contributed by atoms with van der Waals surface area (Å²) in [6.07, 6.45) is -0.0768. The van der Waals surface area contributed by atoms with Crippen molar-refractivity contribution in [1.82, 2.24) is 4.57 Å². The molecule has 0 unspecified atom stereocenters. The number of aromatic nitrogens is 1. The average Bonchev–Trinajstić information content (AvgIpc) is 2.44. The highest BCUT2D eigenvalue weighted by molar-refractivity contribution is 5.89. The number of para-hydroxylation sites is 1. The minimum atomic E-state index is -0.903. The summed E-state index contributed by atoms with van der Waals surface area (Å²) >= 11 is 0. The Morgan fingerprint density at radius 3 is 2.81 bits per heavy atom. The van der Waals surface area contributed by atoms with Crippen LogP contribution in [0.1, 0.15) is 11.3 Å². The highest BCUT2D eigenvalue weighted by Gasteiger charge is 2.16. The first-order valence-electron chi connectivity index (χ1n) is 4.96. The number of nitrogens with zero attached hydrogens (tertiary/aromatic N) is 1. The van der Waals surface area contributed by atoms with Crippen LogP contribution in [0.2, 0.25) is 0 Å². The van der Waals surface area contributed by atoms with Gasteiger partial charge in [0.2, 0.25) is 0 Å². The molecule has 0 atom stereocenters. The number of halogens is 1. The molecule has 1 aromatic carbocycles. The van der Waals surface area contributed by atoms with E-state index in [0.29, 0.717) is 16.5 Å². The van der Waals surface area contributed by atoms with E-state index >= 15 is 0 Å². The molecule has 0 spiro atoms. The van der Waals surface area contributed by atoms with Crippen LogP contribution in [0.4, 0.5) is 4.39 Å². The number of hydrogen-bond donors (Lipinski definition) is 1. The van der Waals surface area contributed by atoms with Crippen LogP contribution in [-0.4, -0.2) is 15.6 Å². The van der Waals surface area contributed by atoms with E-state index in [-0.39, 0.29) is 12.2 Å². The van der Waals surface area contributed by atoms with Crippen LogP contribution >= 0.6 is 0 Å². The second-order valence-corrected chi connectivity index (χ2v) is 3.83. The Morgan fingerprint density at radius 2 is 2.19 bits per heavy atom. The predicted octanol–water partition coefficient (Wildman–Crippen LogP) is 2.25. The summed E-state index contributed by atoms with van der Waals surface area (Å²) in [5.74, 6) is -1.22. The van der Waals surface area contributed by atoms with Crippen LogP contribution in [-0.2, 0) is 18.3 Å². The zero-order chi connectivity index (χ0) is 11.9. The molecule has 1 N–H and O–H groups in total. The summed E-state index contributed by atoms with van der Waals surface area (Å²) in [6, 6.07) is 4.73. The monoisotopic (exact) mass is 221 g/mol. The fourth-order valence-corrected chi connectivity index (χ4v) is 2.04. The number of fused-ring (bicyclic) bond motifs is 1. The van der Waals surface area contributed by atoms with Gasteiger partial charge in [0.1, 0.15) is 5.82 Å². The summed E-state index contributed by atoms with van der Waals surface area (Å²) in [7, 11) is 1.74. The number of aliphatic carboxylic acids is 1. The molecule has 4 heteroatoms. The van der Waals surface area contributed by atoms with Gasteiger partial charge in [-0.15, -0.1) is 0 Å². The van der Waals surface area contributed by atoms with Gasteiger partial charge >= 0.3 is 5.97 Å². The maximum absolute atomic E-state index is 13.6. The van der Waals surface area contributed by atoms with Crippen molar-refractivity contribution in [3.8, 4) is 0 Å². The lowest BCUT2D eigenvalue weighted by Gasteiger charge is -1.99. The molecule has 0 aliphatic heterocycles. The van der Waals surface area contributed by atoms with Crippen molar-refractivity contribution in [2.24, 2.45) is 7.05 Å². The van der Waals surface area contributed by atoms with E-state index in [1.54, 1.807) is 30.7 Å². The quantitative estimate of drug-likeness (QED) is 0.845. The van der Waals surface area contributed by atoms with Crippen LogP contribution in [0.25, 0.3) is 10.9 Å². The Kier molecular flexibility index (Phi) is 2.42. The van der Waals surface area contributed by atoms with Crippen molar-refractivity contribution >= 4 is 16.9 Å². The van der Waals surface area contributed by atoms with Gasteiger partial charge in [-0.3, -0.25) is 4.79 Å². The molecule has 0 aliphatic carbocycles. The third-order valence-electron chi connectivity index (χ3n) is 2.92. The van der Waals surface area contributed by atoms with Gasteiger partial charge in [-0.05, 0) is 18.6 Å². The van der Waals surface area contributed by atoms with E-state index in [0.717, 1.165) is 5.69 Å². The maximum Gasteiger partial charge on any atom is 0.307 e. The van der Waals surface area contributed by atoms with Gasteiger partial charge in [-0.25, -0.2) is 4.39 Å². The number of hydrogen-bond acceptors (Lipinski definition) is 1. The first-order valence-corrected chi connectivity index (χ1v) is 4.96. The smallest absolute Gasteiger partial charge is 0.307 e. The van der Waals surface area contributed by atoms with Crippen molar-refractivity contribution in [3.63, 3.8) is 0 Å². The van der Waals surface area contributed by atoms with E-state index < -0.39 is 5.97 Å². The minimum absolute atomic E-state index is 0.0768. The molecule has 2 aromatic rings. The average molecular weight is 221 g/mol. The van der Waals surface area contributed by atoms with Crippen LogP contribution in [0.3, 0.4) is 0 Å². The molecule has 0 aliphatic rings. The third-order valence-corrected chi connectivity index (χ3v) is 2.92. The maximum atomic E-state index is 13.6. The summed E-state index contributed by atoms with van der Waals surface area (Å²) in [5, 5.41) is 9.51. The second kappa shape index (κ2) is 3.63. The second-order valence-electron chi connectivity index (χ2n) is 3.83. The summed E-state index contributed by atoms with van der Waals surface area (Å²) in [4.78, 5) is 10.8. The number of benzene rings is 1. The lowest BCUT2D eigenvalue weighted by atomic mass is 10.1. The van der Waals surface area contributed by atoms with E-state index in [1.807, 2.05) is 0 Å². The van der Waals surface area contributed by atoms with Crippen molar-refractivity contribution in [1.29, 1.82) is 0 Å². The number of carboxylic acid groups (broad SMARTS) is 1. The molecule has 0 saturated carbocycles. The van der Waals surface area contributed by atoms with Gasteiger partial charge in [0.25, 0.3) is 0 Å². The van der Waals surface area contributed by atoms with Crippen LogP contribution in [0.5, 0.6) is 0 Å². The fourth-order valence-electron chi connectivity index (χ4n) is 2.04. The van der Waals surface area contributed by atoms with Crippen LogP contribution in [0.15, 0.2) is 18.2 Å². The Bertz CT molecular complexity index is 572. The zero-order valence-electron chi connectivity index (χ0n) is 9.12. The minimum Gasteiger partial charge on any atom is -0.481 e.